The number of carbonyl (C=O) groups is 3. The highest BCUT2D eigenvalue weighted by atomic mass is 35.5. The van der Waals surface area contributed by atoms with Gasteiger partial charge in [-0.05, 0) is 103 Å². The van der Waals surface area contributed by atoms with E-state index < -0.39 is 5.60 Å². The van der Waals surface area contributed by atoms with Gasteiger partial charge in [-0.2, -0.15) is 0 Å². The van der Waals surface area contributed by atoms with E-state index in [0.717, 1.165) is 94.6 Å². The van der Waals surface area contributed by atoms with Crippen molar-refractivity contribution < 1.29 is 23.9 Å². The lowest BCUT2D eigenvalue weighted by atomic mass is 10.1. The van der Waals surface area contributed by atoms with Crippen molar-refractivity contribution in [3.8, 4) is 0 Å². The molecule has 2 aromatic carbocycles. The molecule has 2 amide bonds. The highest BCUT2D eigenvalue weighted by Gasteiger charge is 2.26. The summed E-state index contributed by atoms with van der Waals surface area (Å²) in [4.78, 5) is 44.8. The molecule has 0 saturated carbocycles. The first-order chi connectivity index (χ1) is 25.1. The van der Waals surface area contributed by atoms with E-state index in [2.05, 4.69) is 38.2 Å². The predicted octanol–water partition coefficient (Wildman–Crippen LogP) is 8.21. The Bertz CT molecular complexity index is 1490. The molecule has 0 aromatic heterocycles. The molecule has 54 heavy (non-hydrogen) atoms. The van der Waals surface area contributed by atoms with Gasteiger partial charge in [-0.3, -0.25) is 9.69 Å². The summed E-state index contributed by atoms with van der Waals surface area (Å²) in [6, 6.07) is 12.0. The van der Waals surface area contributed by atoms with Gasteiger partial charge in [0.05, 0.1) is 5.02 Å². The molecule has 4 aliphatic rings. The molecule has 13 heteroatoms. The quantitative estimate of drug-likeness (QED) is 0.301. The van der Waals surface area contributed by atoms with E-state index in [0.29, 0.717) is 23.7 Å². The summed E-state index contributed by atoms with van der Waals surface area (Å²) >= 11 is 12.5. The fourth-order valence-corrected chi connectivity index (χ4v) is 6.90. The van der Waals surface area contributed by atoms with Crippen LogP contribution in [-0.2, 0) is 16.0 Å². The molecule has 0 aliphatic carbocycles. The van der Waals surface area contributed by atoms with Crippen LogP contribution in [0, 0.1) is 0 Å². The molecule has 0 spiro atoms. The number of halogens is 2. The number of rotatable bonds is 5. The SMILES string of the molecule is C.CC(C)(C)OC(=O)N1CCN(Cc2ccc(N3CCCC3)cc2Cl)CC1.CC(C)(C)OC(=O)N1CCNCC1.O=Cc1ccc(N2CCCC2)cc1Cl. The number of amides is 2. The second-order valence-corrected chi connectivity index (χ2v) is 16.8. The van der Waals surface area contributed by atoms with Gasteiger partial charge < -0.3 is 34.4 Å². The van der Waals surface area contributed by atoms with Gasteiger partial charge in [0, 0.05) is 107 Å². The Morgan fingerprint density at radius 2 is 1.11 bits per heavy atom. The molecule has 0 radical (unpaired) electrons. The van der Waals surface area contributed by atoms with E-state index in [9.17, 15) is 14.4 Å². The van der Waals surface area contributed by atoms with Crippen molar-refractivity contribution in [3.63, 3.8) is 0 Å². The molecular weight excluding hydrogens is 727 g/mol. The Kier molecular flexibility index (Phi) is 17.7. The monoisotopic (exact) mass is 790 g/mol. The van der Waals surface area contributed by atoms with Crippen LogP contribution in [0.2, 0.25) is 10.0 Å². The molecule has 11 nitrogen and oxygen atoms in total. The fourth-order valence-electron chi connectivity index (χ4n) is 6.45. The van der Waals surface area contributed by atoms with Gasteiger partial charge in [-0.1, -0.05) is 36.7 Å². The zero-order chi connectivity index (χ0) is 38.6. The number of ether oxygens (including phenoxy) is 2. The average molecular weight is 792 g/mol. The second-order valence-electron chi connectivity index (χ2n) is 15.9. The summed E-state index contributed by atoms with van der Waals surface area (Å²) in [6.07, 6.45) is 5.39. The predicted molar refractivity (Wildman–Crippen MR) is 222 cm³/mol. The first-order valence-corrected chi connectivity index (χ1v) is 19.8. The summed E-state index contributed by atoms with van der Waals surface area (Å²) in [7, 11) is 0. The fraction of sp³-hybridized carbons (Fsp3) is 0.634. The Balaban J connectivity index is 0.000000237. The largest absolute Gasteiger partial charge is 0.444 e. The molecule has 4 saturated heterocycles. The van der Waals surface area contributed by atoms with Gasteiger partial charge in [0.25, 0.3) is 0 Å². The molecule has 6 rings (SSSR count). The van der Waals surface area contributed by atoms with Crippen molar-refractivity contribution in [1.29, 1.82) is 0 Å². The summed E-state index contributed by atoms with van der Waals surface area (Å²) in [5.41, 5.74) is 3.24. The van der Waals surface area contributed by atoms with E-state index in [4.69, 9.17) is 32.7 Å². The van der Waals surface area contributed by atoms with Crippen molar-refractivity contribution >= 4 is 53.0 Å². The number of nitrogens with zero attached hydrogens (tertiary/aromatic N) is 5. The van der Waals surface area contributed by atoms with Crippen LogP contribution in [0.25, 0.3) is 0 Å². The number of benzene rings is 2. The normalized spacial score (nSPS) is 17.8. The van der Waals surface area contributed by atoms with Gasteiger partial charge in [0.2, 0.25) is 0 Å². The number of piperazine rings is 2. The third kappa shape index (κ3) is 14.8. The first kappa shape index (κ1) is 45.1. The Morgan fingerprint density at radius 3 is 1.54 bits per heavy atom. The molecule has 0 atom stereocenters. The summed E-state index contributed by atoms with van der Waals surface area (Å²) in [5, 5.41) is 4.57. The van der Waals surface area contributed by atoms with E-state index in [-0.39, 0.29) is 25.2 Å². The van der Waals surface area contributed by atoms with Crippen molar-refractivity contribution in [2.24, 2.45) is 0 Å². The minimum Gasteiger partial charge on any atom is -0.444 e. The van der Waals surface area contributed by atoms with E-state index in [1.54, 1.807) is 15.9 Å². The molecule has 0 bridgehead atoms. The maximum atomic E-state index is 12.2. The highest BCUT2D eigenvalue weighted by Crippen LogP contribution is 2.28. The van der Waals surface area contributed by atoms with Gasteiger partial charge in [0.15, 0.2) is 6.29 Å². The van der Waals surface area contributed by atoms with Gasteiger partial charge in [-0.15, -0.1) is 0 Å². The zero-order valence-corrected chi connectivity index (χ0v) is 34.1. The molecule has 1 N–H and O–H groups in total. The standard InChI is InChI=1S/C20H30ClN3O2.C11H12ClNO.C9H18N2O2.CH4/c1-20(2,3)26-19(25)24-12-10-22(11-13-24)15-16-6-7-17(14-18(16)21)23-8-4-5-9-23;12-11-7-10(4-3-9(11)8-14)13-5-1-2-6-13;1-9(2,3)13-8(12)11-6-4-10-5-7-11;/h6-7,14H,4-5,8-13,15H2,1-3H3;3-4,7-8H,1-2,5-6H2;10H,4-7H2,1-3H3;1H4. The average Bonchev–Trinajstić information content (AvgIpc) is 3.85. The third-order valence-electron chi connectivity index (χ3n) is 9.28. The van der Waals surface area contributed by atoms with Crippen LogP contribution < -0.4 is 15.1 Å². The van der Waals surface area contributed by atoms with Crippen molar-refractivity contribution in [2.75, 3.05) is 88.3 Å². The number of hydrogen-bond donors (Lipinski definition) is 1. The number of anilines is 2. The smallest absolute Gasteiger partial charge is 0.410 e. The number of hydrogen-bond acceptors (Lipinski definition) is 9. The minimum absolute atomic E-state index is 0. The van der Waals surface area contributed by atoms with E-state index >= 15 is 0 Å². The van der Waals surface area contributed by atoms with Crippen molar-refractivity contribution in [1.82, 2.24) is 20.0 Å². The van der Waals surface area contributed by atoms with E-state index in [1.165, 1.54) is 31.4 Å². The molecule has 4 fully saturated rings. The Labute approximate surface area is 334 Å². The summed E-state index contributed by atoms with van der Waals surface area (Å²) < 4.78 is 10.7. The Hall–Kier alpha value is -3.25. The lowest BCUT2D eigenvalue weighted by Crippen LogP contribution is -2.49. The molecular formula is C41H64Cl2N6O5. The van der Waals surface area contributed by atoms with Crippen LogP contribution in [0.4, 0.5) is 21.0 Å². The number of nitrogens with one attached hydrogen (secondary N) is 1. The Morgan fingerprint density at radius 1 is 0.667 bits per heavy atom. The van der Waals surface area contributed by atoms with Gasteiger partial charge in [0.1, 0.15) is 11.2 Å². The summed E-state index contributed by atoms with van der Waals surface area (Å²) in [6.45, 7) is 22.9. The minimum atomic E-state index is -0.446. The lowest BCUT2D eigenvalue weighted by molar-refractivity contribution is 0.0138. The highest BCUT2D eigenvalue weighted by molar-refractivity contribution is 6.33. The third-order valence-corrected chi connectivity index (χ3v) is 9.96. The molecule has 4 heterocycles. The zero-order valence-electron chi connectivity index (χ0n) is 32.6. The maximum Gasteiger partial charge on any atom is 0.410 e. The van der Waals surface area contributed by atoms with Crippen LogP contribution in [0.1, 0.15) is 90.6 Å². The van der Waals surface area contributed by atoms with Gasteiger partial charge in [-0.25, -0.2) is 9.59 Å². The van der Waals surface area contributed by atoms with Crippen LogP contribution in [0.3, 0.4) is 0 Å². The lowest BCUT2D eigenvalue weighted by Gasteiger charge is -2.35. The number of carbonyl (C=O) groups excluding carboxylic acids is 3. The maximum absolute atomic E-state index is 12.2. The molecule has 302 valence electrons. The molecule has 4 aliphatic heterocycles. The van der Waals surface area contributed by atoms with Crippen molar-refractivity contribution in [3.05, 3.63) is 57.6 Å². The van der Waals surface area contributed by atoms with Crippen LogP contribution in [-0.4, -0.2) is 123 Å². The van der Waals surface area contributed by atoms with Crippen LogP contribution >= 0.6 is 23.2 Å². The topological polar surface area (TPSA) is 97.9 Å². The second kappa shape index (κ2) is 21.2. The number of aldehydes is 1. The van der Waals surface area contributed by atoms with Crippen LogP contribution in [0.5, 0.6) is 0 Å². The molecule has 2 aromatic rings. The molecule has 0 unspecified atom stereocenters. The summed E-state index contributed by atoms with van der Waals surface area (Å²) in [5.74, 6) is 0. The first-order valence-electron chi connectivity index (χ1n) is 19.0. The van der Waals surface area contributed by atoms with E-state index in [1.807, 2.05) is 53.7 Å². The van der Waals surface area contributed by atoms with Gasteiger partial charge >= 0.3 is 12.2 Å². The van der Waals surface area contributed by atoms with Crippen molar-refractivity contribution in [2.45, 2.75) is 92.4 Å². The van der Waals surface area contributed by atoms with Crippen LogP contribution in [0.15, 0.2) is 36.4 Å².